The van der Waals surface area contributed by atoms with Crippen LogP contribution in [0.3, 0.4) is 0 Å². The van der Waals surface area contributed by atoms with Crippen LogP contribution in [-0.2, 0) is 16.1 Å². The minimum absolute atomic E-state index is 0.112. The van der Waals surface area contributed by atoms with Gasteiger partial charge in [0, 0.05) is 39.6 Å². The quantitative estimate of drug-likeness (QED) is 0.787. The van der Waals surface area contributed by atoms with E-state index in [1.165, 1.54) is 0 Å². The molecule has 1 rings (SSSR count). The maximum Gasteiger partial charge on any atom is 0.223 e. The maximum absolute atomic E-state index is 11.8. The average Bonchev–Trinajstić information content (AvgIpc) is 2.70. The zero-order valence-electron chi connectivity index (χ0n) is 10.1. The number of methoxy groups -OCH3 is 1. The largest absolute Gasteiger partial charge is 0.384 e. The Bertz CT molecular complexity index is 311. The Labute approximate surface area is 95.8 Å². The van der Waals surface area contributed by atoms with Gasteiger partial charge in [-0.05, 0) is 5.92 Å². The first-order valence-electron chi connectivity index (χ1n) is 5.34. The third-order valence-electron chi connectivity index (χ3n) is 2.34. The lowest BCUT2D eigenvalue weighted by Crippen LogP contribution is -2.28. The predicted molar refractivity (Wildman–Crippen MR) is 60.7 cm³/mol. The Kier molecular flexibility index (Phi) is 4.98. The number of nitrogens with one attached hydrogen (secondary N) is 1. The second-order valence-electron chi connectivity index (χ2n) is 4.05. The van der Waals surface area contributed by atoms with Gasteiger partial charge in [-0.1, -0.05) is 6.92 Å². The van der Waals surface area contributed by atoms with Crippen molar-refractivity contribution < 1.29 is 9.53 Å². The molecule has 90 valence electrons. The van der Waals surface area contributed by atoms with Crippen LogP contribution in [0, 0.1) is 5.92 Å². The van der Waals surface area contributed by atoms with E-state index in [-0.39, 0.29) is 11.8 Å². The first-order valence-corrected chi connectivity index (χ1v) is 5.34. The van der Waals surface area contributed by atoms with Crippen molar-refractivity contribution in [3.8, 4) is 0 Å². The molecule has 0 spiro atoms. The van der Waals surface area contributed by atoms with E-state index < -0.39 is 0 Å². The summed E-state index contributed by atoms with van der Waals surface area (Å²) in [5.74, 6) is 1.16. The predicted octanol–water partition coefficient (Wildman–Crippen LogP) is 1.04. The van der Waals surface area contributed by atoms with Gasteiger partial charge < -0.3 is 14.6 Å². The summed E-state index contributed by atoms with van der Waals surface area (Å²) in [4.78, 5) is 20.5. The highest BCUT2D eigenvalue weighted by Gasteiger charge is 2.14. The summed E-state index contributed by atoms with van der Waals surface area (Å²) in [5, 5.41) is 0. The van der Waals surface area contributed by atoms with Crippen LogP contribution in [0.5, 0.6) is 0 Å². The molecule has 0 radical (unpaired) electrons. The molecule has 1 aromatic rings. The minimum atomic E-state index is 0.112. The van der Waals surface area contributed by atoms with Gasteiger partial charge in [0.2, 0.25) is 5.91 Å². The van der Waals surface area contributed by atoms with E-state index in [1.54, 1.807) is 31.5 Å². The molecule has 0 fully saturated rings. The SMILES string of the molecule is COCC(C)CC(=O)N(C)Cc1ncc[nH]1. The van der Waals surface area contributed by atoms with Crippen LogP contribution in [0.25, 0.3) is 0 Å². The summed E-state index contributed by atoms with van der Waals surface area (Å²) in [6, 6.07) is 0. The van der Waals surface area contributed by atoms with Gasteiger partial charge in [0.25, 0.3) is 0 Å². The van der Waals surface area contributed by atoms with E-state index in [0.29, 0.717) is 19.6 Å². The van der Waals surface area contributed by atoms with Gasteiger partial charge in [-0.15, -0.1) is 0 Å². The average molecular weight is 225 g/mol. The third-order valence-corrected chi connectivity index (χ3v) is 2.34. The van der Waals surface area contributed by atoms with E-state index in [1.807, 2.05) is 6.92 Å². The Morgan fingerprint density at radius 3 is 3.00 bits per heavy atom. The molecular weight excluding hydrogens is 206 g/mol. The van der Waals surface area contributed by atoms with Gasteiger partial charge in [-0.2, -0.15) is 0 Å². The van der Waals surface area contributed by atoms with E-state index in [0.717, 1.165) is 5.82 Å². The number of carbonyl (C=O) groups excluding carboxylic acids is 1. The number of hydrogen-bond donors (Lipinski definition) is 1. The monoisotopic (exact) mass is 225 g/mol. The summed E-state index contributed by atoms with van der Waals surface area (Å²) in [6.45, 7) is 3.13. The van der Waals surface area contributed by atoms with Crippen molar-refractivity contribution in [2.75, 3.05) is 20.8 Å². The molecule has 1 heterocycles. The van der Waals surface area contributed by atoms with Crippen LogP contribution < -0.4 is 0 Å². The fraction of sp³-hybridized carbons (Fsp3) is 0.636. The lowest BCUT2D eigenvalue weighted by Gasteiger charge is -2.18. The number of hydrogen-bond acceptors (Lipinski definition) is 3. The van der Waals surface area contributed by atoms with Gasteiger partial charge >= 0.3 is 0 Å². The lowest BCUT2D eigenvalue weighted by molar-refractivity contribution is -0.131. The number of aromatic amines is 1. The molecule has 0 aromatic carbocycles. The second-order valence-corrected chi connectivity index (χ2v) is 4.05. The molecule has 1 unspecified atom stereocenters. The van der Waals surface area contributed by atoms with Gasteiger partial charge in [0.15, 0.2) is 0 Å². The van der Waals surface area contributed by atoms with Crippen molar-refractivity contribution in [3.05, 3.63) is 18.2 Å². The van der Waals surface area contributed by atoms with Crippen molar-refractivity contribution in [1.82, 2.24) is 14.9 Å². The highest BCUT2D eigenvalue weighted by molar-refractivity contribution is 5.76. The molecule has 0 saturated carbocycles. The first kappa shape index (κ1) is 12.7. The van der Waals surface area contributed by atoms with Crippen molar-refractivity contribution in [1.29, 1.82) is 0 Å². The lowest BCUT2D eigenvalue weighted by atomic mass is 10.1. The Morgan fingerprint density at radius 1 is 1.69 bits per heavy atom. The number of H-pyrrole nitrogens is 1. The number of nitrogens with zero attached hydrogens (tertiary/aromatic N) is 2. The molecule has 1 N–H and O–H groups in total. The number of amides is 1. The van der Waals surface area contributed by atoms with Crippen LogP contribution in [0.1, 0.15) is 19.2 Å². The van der Waals surface area contributed by atoms with E-state index in [4.69, 9.17) is 4.74 Å². The van der Waals surface area contributed by atoms with Crippen LogP contribution in [0.2, 0.25) is 0 Å². The third kappa shape index (κ3) is 4.02. The standard InChI is InChI=1S/C11H19N3O2/c1-9(8-16-3)6-11(15)14(2)7-10-12-4-5-13-10/h4-5,9H,6-8H2,1-3H3,(H,12,13). The highest BCUT2D eigenvalue weighted by atomic mass is 16.5. The van der Waals surface area contributed by atoms with Crippen molar-refractivity contribution in [2.45, 2.75) is 19.9 Å². The zero-order chi connectivity index (χ0) is 12.0. The smallest absolute Gasteiger partial charge is 0.223 e. The normalized spacial score (nSPS) is 12.4. The van der Waals surface area contributed by atoms with E-state index in [2.05, 4.69) is 9.97 Å². The zero-order valence-corrected chi connectivity index (χ0v) is 10.1. The van der Waals surface area contributed by atoms with Crippen LogP contribution in [-0.4, -0.2) is 41.5 Å². The van der Waals surface area contributed by atoms with Crippen molar-refractivity contribution >= 4 is 5.91 Å². The summed E-state index contributed by atoms with van der Waals surface area (Å²) < 4.78 is 5.00. The van der Waals surface area contributed by atoms with Crippen molar-refractivity contribution in [2.24, 2.45) is 5.92 Å². The van der Waals surface area contributed by atoms with Crippen LogP contribution in [0.15, 0.2) is 12.4 Å². The van der Waals surface area contributed by atoms with Crippen LogP contribution >= 0.6 is 0 Å². The molecule has 5 nitrogen and oxygen atoms in total. The number of imidazole rings is 1. The first-order chi connectivity index (χ1) is 7.63. The Hall–Kier alpha value is -1.36. The van der Waals surface area contributed by atoms with Gasteiger partial charge in [0.05, 0.1) is 6.54 Å². The minimum Gasteiger partial charge on any atom is -0.384 e. The summed E-state index contributed by atoms with van der Waals surface area (Å²) in [5.41, 5.74) is 0. The molecule has 1 amide bonds. The molecule has 0 bridgehead atoms. The molecule has 5 heteroatoms. The Balaban J connectivity index is 2.36. The van der Waals surface area contributed by atoms with Gasteiger partial charge in [-0.25, -0.2) is 4.98 Å². The number of carbonyl (C=O) groups is 1. The summed E-state index contributed by atoms with van der Waals surface area (Å²) in [7, 11) is 3.43. The number of ether oxygens (including phenoxy) is 1. The second kappa shape index (κ2) is 6.27. The van der Waals surface area contributed by atoms with Crippen molar-refractivity contribution in [3.63, 3.8) is 0 Å². The highest BCUT2D eigenvalue weighted by Crippen LogP contribution is 2.06. The fourth-order valence-electron chi connectivity index (χ4n) is 1.49. The molecule has 0 aliphatic rings. The molecular formula is C11H19N3O2. The molecule has 0 aliphatic carbocycles. The molecule has 1 aromatic heterocycles. The Morgan fingerprint density at radius 2 is 2.44 bits per heavy atom. The number of rotatable bonds is 6. The maximum atomic E-state index is 11.8. The van der Waals surface area contributed by atoms with Gasteiger partial charge in [0.1, 0.15) is 5.82 Å². The molecule has 1 atom stereocenters. The van der Waals surface area contributed by atoms with Gasteiger partial charge in [-0.3, -0.25) is 4.79 Å². The summed E-state index contributed by atoms with van der Waals surface area (Å²) in [6.07, 6.45) is 3.94. The topological polar surface area (TPSA) is 58.2 Å². The molecule has 16 heavy (non-hydrogen) atoms. The molecule has 0 saturated heterocycles. The van der Waals surface area contributed by atoms with E-state index in [9.17, 15) is 4.79 Å². The number of aromatic nitrogens is 2. The fourth-order valence-corrected chi connectivity index (χ4v) is 1.49. The van der Waals surface area contributed by atoms with E-state index >= 15 is 0 Å². The molecule has 0 aliphatic heterocycles. The summed E-state index contributed by atoms with van der Waals surface area (Å²) >= 11 is 0. The van der Waals surface area contributed by atoms with Crippen LogP contribution in [0.4, 0.5) is 0 Å².